The lowest BCUT2D eigenvalue weighted by molar-refractivity contribution is -0.122. The van der Waals surface area contributed by atoms with Crippen molar-refractivity contribution in [1.82, 2.24) is 16.3 Å². The maximum Gasteiger partial charge on any atom is 0.258 e. The molecule has 1 heterocycles. The Morgan fingerprint density at radius 3 is 2.64 bits per heavy atom. The van der Waals surface area contributed by atoms with Crippen LogP contribution in [0.2, 0.25) is 0 Å². The zero-order valence-electron chi connectivity index (χ0n) is 15.9. The number of amides is 1. The zero-order valence-corrected chi connectivity index (χ0v) is 15.9. The first-order valence-electron chi connectivity index (χ1n) is 8.99. The normalized spacial score (nSPS) is 19.2. The van der Waals surface area contributed by atoms with Gasteiger partial charge < -0.3 is 9.47 Å². The van der Waals surface area contributed by atoms with Crippen molar-refractivity contribution in [2.45, 2.75) is 18.5 Å². The standard InChI is InChI=1S/C21H24N4O3/c1-27-17-11-9-15(10-12-17)18-14-19(24-23-18)21(26)25-22-13-5-7-16-6-3-4-8-20(16)28-2/h3-13,18-19,23-24H,14H2,1-2H3,(H,25,26)/b7-5+,22-13+. The molecule has 28 heavy (non-hydrogen) atoms. The van der Waals surface area contributed by atoms with Gasteiger partial charge in [-0.15, -0.1) is 0 Å². The second-order valence-corrected chi connectivity index (χ2v) is 6.26. The van der Waals surface area contributed by atoms with E-state index >= 15 is 0 Å². The first-order chi connectivity index (χ1) is 13.7. The van der Waals surface area contributed by atoms with Crippen molar-refractivity contribution in [3.05, 3.63) is 65.7 Å². The summed E-state index contributed by atoms with van der Waals surface area (Å²) in [5.41, 5.74) is 10.7. The number of methoxy groups -OCH3 is 2. The number of allylic oxidation sites excluding steroid dienone is 1. The molecule has 1 aliphatic heterocycles. The molecule has 1 aliphatic rings. The summed E-state index contributed by atoms with van der Waals surface area (Å²) in [6, 6.07) is 15.1. The Bertz CT molecular complexity index is 849. The number of carbonyl (C=O) groups is 1. The number of nitrogens with one attached hydrogen (secondary N) is 3. The maximum absolute atomic E-state index is 12.3. The van der Waals surface area contributed by atoms with Gasteiger partial charge in [0.25, 0.3) is 5.91 Å². The summed E-state index contributed by atoms with van der Waals surface area (Å²) < 4.78 is 10.4. The average molecular weight is 380 g/mol. The molecule has 2 atom stereocenters. The number of carbonyl (C=O) groups excluding carboxylic acids is 1. The van der Waals surface area contributed by atoms with E-state index in [-0.39, 0.29) is 18.0 Å². The molecule has 1 amide bonds. The molecule has 7 nitrogen and oxygen atoms in total. The van der Waals surface area contributed by atoms with Crippen molar-refractivity contribution in [3.8, 4) is 11.5 Å². The number of hydrazine groups is 1. The zero-order chi connectivity index (χ0) is 19.8. The van der Waals surface area contributed by atoms with Crippen LogP contribution in [0.25, 0.3) is 6.08 Å². The number of ether oxygens (including phenoxy) is 2. The molecule has 3 N–H and O–H groups in total. The number of hydrazone groups is 1. The van der Waals surface area contributed by atoms with Crippen LogP contribution in [-0.2, 0) is 4.79 Å². The SMILES string of the molecule is COc1ccc(C2CC(C(=O)N/N=C/C=C/c3ccccc3OC)NN2)cc1. The number of para-hydroxylation sites is 1. The molecule has 0 aromatic heterocycles. The summed E-state index contributed by atoms with van der Waals surface area (Å²) in [7, 11) is 3.26. The van der Waals surface area contributed by atoms with E-state index in [2.05, 4.69) is 21.4 Å². The van der Waals surface area contributed by atoms with Crippen LogP contribution in [-0.4, -0.2) is 32.4 Å². The molecule has 0 aliphatic carbocycles. The molecule has 3 rings (SSSR count). The molecule has 2 unspecified atom stereocenters. The van der Waals surface area contributed by atoms with Crippen LogP contribution in [0, 0.1) is 0 Å². The van der Waals surface area contributed by atoms with E-state index in [0.29, 0.717) is 6.42 Å². The lowest BCUT2D eigenvalue weighted by Crippen LogP contribution is -2.41. The number of hydrogen-bond acceptors (Lipinski definition) is 6. The number of nitrogens with zero attached hydrogens (tertiary/aromatic N) is 1. The van der Waals surface area contributed by atoms with Crippen molar-refractivity contribution in [2.24, 2.45) is 5.10 Å². The van der Waals surface area contributed by atoms with E-state index in [1.807, 2.05) is 54.6 Å². The van der Waals surface area contributed by atoms with Crippen LogP contribution in [0.5, 0.6) is 11.5 Å². The maximum atomic E-state index is 12.3. The predicted molar refractivity (Wildman–Crippen MR) is 109 cm³/mol. The van der Waals surface area contributed by atoms with Crippen molar-refractivity contribution in [1.29, 1.82) is 0 Å². The van der Waals surface area contributed by atoms with Crippen LogP contribution < -0.4 is 25.8 Å². The smallest absolute Gasteiger partial charge is 0.258 e. The molecule has 1 saturated heterocycles. The molecule has 146 valence electrons. The molecular weight excluding hydrogens is 356 g/mol. The molecule has 0 bridgehead atoms. The third kappa shape index (κ3) is 4.97. The lowest BCUT2D eigenvalue weighted by atomic mass is 10.0. The topological polar surface area (TPSA) is 84.0 Å². The highest BCUT2D eigenvalue weighted by molar-refractivity contribution is 5.84. The van der Waals surface area contributed by atoms with Gasteiger partial charge in [-0.3, -0.25) is 4.79 Å². The van der Waals surface area contributed by atoms with Crippen molar-refractivity contribution in [3.63, 3.8) is 0 Å². The first kappa shape index (κ1) is 19.6. The predicted octanol–water partition coefficient (Wildman–Crippen LogP) is 2.43. The fraction of sp³-hybridized carbons (Fsp3) is 0.238. The van der Waals surface area contributed by atoms with Crippen LogP contribution in [0.1, 0.15) is 23.6 Å². The fourth-order valence-corrected chi connectivity index (χ4v) is 2.96. The Labute approximate surface area is 164 Å². The minimum absolute atomic E-state index is 0.0519. The molecule has 1 fully saturated rings. The highest BCUT2D eigenvalue weighted by atomic mass is 16.5. The van der Waals surface area contributed by atoms with Crippen molar-refractivity contribution >= 4 is 18.2 Å². The monoisotopic (exact) mass is 380 g/mol. The molecule has 0 saturated carbocycles. The second-order valence-electron chi connectivity index (χ2n) is 6.26. The number of benzene rings is 2. The van der Waals surface area contributed by atoms with E-state index in [1.165, 1.54) is 6.21 Å². The van der Waals surface area contributed by atoms with Crippen LogP contribution >= 0.6 is 0 Å². The largest absolute Gasteiger partial charge is 0.497 e. The third-order valence-electron chi connectivity index (χ3n) is 4.49. The summed E-state index contributed by atoms with van der Waals surface area (Å²) in [4.78, 5) is 12.3. The molecule has 0 radical (unpaired) electrons. The summed E-state index contributed by atoms with van der Waals surface area (Å²) in [5.74, 6) is 1.40. The minimum atomic E-state index is -0.359. The Balaban J connectivity index is 1.48. The minimum Gasteiger partial charge on any atom is -0.497 e. The third-order valence-corrected chi connectivity index (χ3v) is 4.49. The summed E-state index contributed by atoms with van der Waals surface area (Å²) in [6.45, 7) is 0. The Kier molecular flexibility index (Phi) is 6.78. The van der Waals surface area contributed by atoms with E-state index in [1.54, 1.807) is 20.3 Å². The van der Waals surface area contributed by atoms with Crippen LogP contribution in [0.3, 0.4) is 0 Å². The van der Waals surface area contributed by atoms with E-state index < -0.39 is 0 Å². The van der Waals surface area contributed by atoms with Gasteiger partial charge in [0.05, 0.1) is 14.2 Å². The Morgan fingerprint density at radius 2 is 1.89 bits per heavy atom. The summed E-state index contributed by atoms with van der Waals surface area (Å²) in [5, 5.41) is 3.97. The van der Waals surface area contributed by atoms with Crippen molar-refractivity contribution < 1.29 is 14.3 Å². The van der Waals surface area contributed by atoms with Gasteiger partial charge >= 0.3 is 0 Å². The van der Waals surface area contributed by atoms with Gasteiger partial charge in [0.1, 0.15) is 17.5 Å². The summed E-state index contributed by atoms with van der Waals surface area (Å²) >= 11 is 0. The van der Waals surface area contributed by atoms with Gasteiger partial charge in [0, 0.05) is 17.8 Å². The molecule has 7 heteroatoms. The molecule has 0 spiro atoms. The van der Waals surface area contributed by atoms with Crippen LogP contribution in [0.4, 0.5) is 0 Å². The lowest BCUT2D eigenvalue weighted by Gasteiger charge is -2.10. The van der Waals surface area contributed by atoms with Crippen molar-refractivity contribution in [2.75, 3.05) is 14.2 Å². The highest BCUT2D eigenvalue weighted by Crippen LogP contribution is 2.24. The molecular formula is C21H24N4O3. The van der Waals surface area contributed by atoms with E-state index in [9.17, 15) is 4.79 Å². The molecule has 2 aromatic rings. The second kappa shape index (κ2) is 9.68. The van der Waals surface area contributed by atoms with Gasteiger partial charge in [-0.25, -0.2) is 16.3 Å². The average Bonchev–Trinajstić information content (AvgIpc) is 3.24. The first-order valence-corrected chi connectivity index (χ1v) is 8.99. The van der Waals surface area contributed by atoms with Gasteiger partial charge in [0.2, 0.25) is 0 Å². The van der Waals surface area contributed by atoms with E-state index in [4.69, 9.17) is 9.47 Å². The quantitative estimate of drug-likeness (QED) is 0.508. The Morgan fingerprint density at radius 1 is 1.11 bits per heavy atom. The van der Waals surface area contributed by atoms with Gasteiger partial charge in [-0.2, -0.15) is 5.10 Å². The number of hydrogen-bond donors (Lipinski definition) is 3. The fourth-order valence-electron chi connectivity index (χ4n) is 2.96. The highest BCUT2D eigenvalue weighted by Gasteiger charge is 2.29. The van der Waals surface area contributed by atoms with Gasteiger partial charge in [0.15, 0.2) is 0 Å². The van der Waals surface area contributed by atoms with Crippen LogP contribution in [0.15, 0.2) is 59.7 Å². The van der Waals surface area contributed by atoms with E-state index in [0.717, 1.165) is 22.6 Å². The Hall–Kier alpha value is -3.16. The number of rotatable bonds is 7. The summed E-state index contributed by atoms with van der Waals surface area (Å²) in [6.07, 6.45) is 5.78. The van der Waals surface area contributed by atoms with Gasteiger partial charge in [-0.1, -0.05) is 30.3 Å². The van der Waals surface area contributed by atoms with Gasteiger partial charge in [-0.05, 0) is 42.3 Å². The molecule has 2 aromatic carbocycles.